The molecule has 0 atom stereocenters. The molecule has 1 heterocycles. The number of carbonyl (C=O) groups is 1. The van der Waals surface area contributed by atoms with Crippen LogP contribution >= 0.6 is 23.2 Å². The molecule has 6 nitrogen and oxygen atoms in total. The van der Waals surface area contributed by atoms with Crippen molar-refractivity contribution in [3.05, 3.63) is 22.4 Å². The number of aromatic nitrogens is 1. The third-order valence-electron chi connectivity index (χ3n) is 2.46. The molecule has 9 heteroatoms. The molecular weight excluding hydrogens is 325 g/mol. The summed E-state index contributed by atoms with van der Waals surface area (Å²) < 4.78 is 25.8. The second kappa shape index (κ2) is 7.21. The van der Waals surface area contributed by atoms with Crippen molar-refractivity contribution < 1.29 is 13.2 Å². The monoisotopic (exact) mass is 339 g/mol. The van der Waals surface area contributed by atoms with Gasteiger partial charge >= 0.3 is 0 Å². The van der Waals surface area contributed by atoms with Gasteiger partial charge in [-0.3, -0.25) is 4.79 Å². The molecule has 1 aromatic heterocycles. The van der Waals surface area contributed by atoms with Crippen LogP contribution in [-0.2, 0) is 14.8 Å². The van der Waals surface area contributed by atoms with Crippen LogP contribution in [0, 0.1) is 0 Å². The fourth-order valence-corrected chi connectivity index (χ4v) is 3.19. The maximum absolute atomic E-state index is 12.4. The van der Waals surface area contributed by atoms with E-state index in [1.807, 2.05) is 0 Å². The third kappa shape index (κ3) is 4.05. The Morgan fingerprint density at radius 3 is 2.55 bits per heavy atom. The number of pyridine rings is 1. The van der Waals surface area contributed by atoms with Crippen LogP contribution in [-0.4, -0.2) is 43.2 Å². The SMILES string of the molecule is CCNC(=O)CN(CC)S(=O)(=O)c1cnc(Cl)c(Cl)c1. The normalized spacial score (nSPS) is 11.7. The predicted octanol–water partition coefficient (Wildman–Crippen LogP) is 1.54. The number of likely N-dealkylation sites (N-methyl/N-ethyl adjacent to an activating group) is 2. The number of hydrogen-bond donors (Lipinski definition) is 1. The number of nitrogens with one attached hydrogen (secondary N) is 1. The van der Waals surface area contributed by atoms with Gasteiger partial charge in [0.2, 0.25) is 15.9 Å². The maximum atomic E-state index is 12.4. The van der Waals surface area contributed by atoms with Crippen LogP contribution in [0.25, 0.3) is 0 Å². The van der Waals surface area contributed by atoms with E-state index in [1.54, 1.807) is 13.8 Å². The molecular formula is C11H15Cl2N3O3S. The Morgan fingerprint density at radius 2 is 2.05 bits per heavy atom. The molecule has 0 aliphatic rings. The van der Waals surface area contributed by atoms with Gasteiger partial charge in [0, 0.05) is 19.3 Å². The zero-order valence-corrected chi connectivity index (χ0v) is 13.4. The Kier molecular flexibility index (Phi) is 6.19. The summed E-state index contributed by atoms with van der Waals surface area (Å²) in [5.74, 6) is -0.369. The standard InChI is InChI=1S/C11H15Cl2N3O3S/c1-3-14-10(17)7-16(4-2)20(18,19)8-5-9(12)11(13)15-6-8/h5-6H,3-4,7H2,1-2H3,(H,14,17). The number of hydrogen-bond acceptors (Lipinski definition) is 4. The van der Waals surface area contributed by atoms with Crippen molar-refractivity contribution in [2.24, 2.45) is 0 Å². The van der Waals surface area contributed by atoms with Crippen molar-refractivity contribution in [1.29, 1.82) is 0 Å². The quantitative estimate of drug-likeness (QED) is 0.797. The van der Waals surface area contributed by atoms with Crippen molar-refractivity contribution in [3.8, 4) is 0 Å². The lowest BCUT2D eigenvalue weighted by atomic mass is 10.5. The van der Waals surface area contributed by atoms with E-state index in [-0.39, 0.29) is 34.1 Å². The number of rotatable bonds is 6. The van der Waals surface area contributed by atoms with Crippen LogP contribution in [0.1, 0.15) is 13.8 Å². The third-order valence-corrected chi connectivity index (χ3v) is 5.03. The van der Waals surface area contributed by atoms with E-state index in [0.717, 1.165) is 10.5 Å². The Labute approximate surface area is 128 Å². The second-order valence-electron chi connectivity index (χ2n) is 3.83. The summed E-state index contributed by atoms with van der Waals surface area (Å²) in [5.41, 5.74) is 0. The maximum Gasteiger partial charge on any atom is 0.245 e. The lowest BCUT2D eigenvalue weighted by Gasteiger charge is -2.19. The van der Waals surface area contributed by atoms with E-state index >= 15 is 0 Å². The van der Waals surface area contributed by atoms with Gasteiger partial charge in [0.25, 0.3) is 0 Å². The second-order valence-corrected chi connectivity index (χ2v) is 6.53. The molecule has 0 fully saturated rings. The fraction of sp³-hybridized carbons (Fsp3) is 0.455. The molecule has 0 unspecified atom stereocenters. The van der Waals surface area contributed by atoms with Gasteiger partial charge in [0.1, 0.15) is 10.0 Å². The first kappa shape index (κ1) is 17.2. The number of carbonyl (C=O) groups excluding carboxylic acids is 1. The van der Waals surface area contributed by atoms with Crippen LogP contribution in [0.15, 0.2) is 17.2 Å². The minimum absolute atomic E-state index is 0.0254. The van der Waals surface area contributed by atoms with Gasteiger partial charge in [-0.25, -0.2) is 13.4 Å². The zero-order chi connectivity index (χ0) is 15.3. The summed E-state index contributed by atoms with van der Waals surface area (Å²) in [6.07, 6.45) is 1.12. The summed E-state index contributed by atoms with van der Waals surface area (Å²) in [5, 5.41) is 2.62. The van der Waals surface area contributed by atoms with Gasteiger partial charge in [0.15, 0.2) is 0 Å². The molecule has 0 saturated heterocycles. The molecule has 0 aliphatic carbocycles. The van der Waals surface area contributed by atoms with E-state index in [9.17, 15) is 13.2 Å². The lowest BCUT2D eigenvalue weighted by Crippen LogP contribution is -2.40. The minimum atomic E-state index is -3.84. The van der Waals surface area contributed by atoms with E-state index in [0.29, 0.717) is 6.54 Å². The summed E-state index contributed by atoms with van der Waals surface area (Å²) >= 11 is 11.4. The number of sulfonamides is 1. The highest BCUT2D eigenvalue weighted by atomic mass is 35.5. The molecule has 20 heavy (non-hydrogen) atoms. The first-order chi connectivity index (χ1) is 9.32. The van der Waals surface area contributed by atoms with Crippen LogP contribution in [0.4, 0.5) is 0 Å². The van der Waals surface area contributed by atoms with Crippen molar-refractivity contribution >= 4 is 39.1 Å². The van der Waals surface area contributed by atoms with Crippen molar-refractivity contribution in [2.45, 2.75) is 18.7 Å². The average molecular weight is 340 g/mol. The van der Waals surface area contributed by atoms with Crippen molar-refractivity contribution in [2.75, 3.05) is 19.6 Å². The summed E-state index contributed by atoms with van der Waals surface area (Å²) in [6, 6.07) is 1.21. The summed E-state index contributed by atoms with van der Waals surface area (Å²) in [4.78, 5) is 15.1. The number of nitrogens with zero attached hydrogens (tertiary/aromatic N) is 2. The van der Waals surface area contributed by atoms with Crippen LogP contribution in [0.2, 0.25) is 10.2 Å². The summed E-state index contributed by atoms with van der Waals surface area (Å²) in [6.45, 7) is 3.73. The number of amides is 1. The first-order valence-electron chi connectivity index (χ1n) is 5.90. The van der Waals surface area contributed by atoms with Gasteiger partial charge < -0.3 is 5.32 Å². The topological polar surface area (TPSA) is 79.4 Å². The van der Waals surface area contributed by atoms with Crippen LogP contribution in [0.5, 0.6) is 0 Å². The first-order valence-corrected chi connectivity index (χ1v) is 8.10. The fourth-order valence-electron chi connectivity index (χ4n) is 1.47. The Hall–Kier alpha value is -0.890. The van der Waals surface area contributed by atoms with Gasteiger partial charge in [-0.15, -0.1) is 0 Å². The van der Waals surface area contributed by atoms with Gasteiger partial charge in [-0.1, -0.05) is 30.1 Å². The Bertz CT molecular complexity index is 593. The largest absolute Gasteiger partial charge is 0.355 e. The van der Waals surface area contributed by atoms with E-state index in [2.05, 4.69) is 10.3 Å². The molecule has 1 rings (SSSR count). The summed E-state index contributed by atoms with van der Waals surface area (Å²) in [7, 11) is -3.84. The molecule has 1 N–H and O–H groups in total. The Morgan fingerprint density at radius 1 is 1.40 bits per heavy atom. The number of halogens is 2. The van der Waals surface area contributed by atoms with E-state index < -0.39 is 10.0 Å². The van der Waals surface area contributed by atoms with E-state index in [1.165, 1.54) is 6.07 Å². The molecule has 0 spiro atoms. The molecule has 1 amide bonds. The predicted molar refractivity (Wildman–Crippen MR) is 77.4 cm³/mol. The highest BCUT2D eigenvalue weighted by Crippen LogP contribution is 2.24. The highest BCUT2D eigenvalue weighted by Gasteiger charge is 2.26. The molecule has 1 aromatic rings. The lowest BCUT2D eigenvalue weighted by molar-refractivity contribution is -0.121. The smallest absolute Gasteiger partial charge is 0.245 e. The van der Waals surface area contributed by atoms with Gasteiger partial charge in [-0.05, 0) is 13.0 Å². The molecule has 0 bridgehead atoms. The van der Waals surface area contributed by atoms with Crippen molar-refractivity contribution in [3.63, 3.8) is 0 Å². The molecule has 0 saturated carbocycles. The van der Waals surface area contributed by atoms with Crippen LogP contribution < -0.4 is 5.32 Å². The molecule has 112 valence electrons. The van der Waals surface area contributed by atoms with Crippen molar-refractivity contribution in [1.82, 2.24) is 14.6 Å². The molecule has 0 aromatic carbocycles. The molecule has 0 aliphatic heterocycles. The van der Waals surface area contributed by atoms with Gasteiger partial charge in [0.05, 0.1) is 11.6 Å². The highest BCUT2D eigenvalue weighted by molar-refractivity contribution is 7.89. The minimum Gasteiger partial charge on any atom is -0.355 e. The molecule has 0 radical (unpaired) electrons. The average Bonchev–Trinajstić information content (AvgIpc) is 2.39. The van der Waals surface area contributed by atoms with Crippen LogP contribution in [0.3, 0.4) is 0 Å². The zero-order valence-electron chi connectivity index (χ0n) is 11.1. The van der Waals surface area contributed by atoms with E-state index in [4.69, 9.17) is 23.2 Å². The Balaban J connectivity index is 3.05. The van der Waals surface area contributed by atoms with Gasteiger partial charge in [-0.2, -0.15) is 4.31 Å².